The summed E-state index contributed by atoms with van der Waals surface area (Å²) in [5, 5.41) is 9.47. The molecular weight excluding hydrogens is 299 g/mol. The van der Waals surface area contributed by atoms with Gasteiger partial charge < -0.3 is 5.11 Å². The molecule has 0 radical (unpaired) electrons. The zero-order valence-electron chi connectivity index (χ0n) is 10.4. The van der Waals surface area contributed by atoms with Crippen molar-refractivity contribution in [2.75, 3.05) is 0 Å². The fourth-order valence-corrected chi connectivity index (χ4v) is 1.23. The lowest BCUT2D eigenvalue weighted by Gasteiger charge is -2.17. The molecule has 1 heterocycles. The van der Waals surface area contributed by atoms with Gasteiger partial charge in [0.05, 0.1) is 0 Å². The van der Waals surface area contributed by atoms with Gasteiger partial charge in [-0.3, -0.25) is 4.52 Å². The Bertz CT molecular complexity index is 572. The van der Waals surface area contributed by atoms with Crippen LogP contribution in [0.1, 0.15) is 5.82 Å². The quantitative estimate of drug-likeness (QED) is 0.540. The summed E-state index contributed by atoms with van der Waals surface area (Å²) in [5.74, 6) is -0.286. The van der Waals surface area contributed by atoms with Crippen LogP contribution in [0.4, 0.5) is 4.39 Å². The molecule has 20 heavy (non-hydrogen) atoms. The zero-order valence-corrected chi connectivity index (χ0v) is 11.1. The Kier molecular flexibility index (Phi) is 4.98. The summed E-state index contributed by atoms with van der Waals surface area (Å²) >= 11 is 0. The van der Waals surface area contributed by atoms with Crippen molar-refractivity contribution < 1.29 is 47.6 Å². The van der Waals surface area contributed by atoms with E-state index < -0.39 is 21.8 Å². The largest absolute Gasteiger partial charge is 0.504 e. The van der Waals surface area contributed by atoms with Gasteiger partial charge in [0.1, 0.15) is 12.6 Å². The summed E-state index contributed by atoms with van der Waals surface area (Å²) in [6.45, 7) is 1.75. The smallest absolute Gasteiger partial charge is 0.388 e. The van der Waals surface area contributed by atoms with E-state index in [-0.39, 0.29) is 11.5 Å². The van der Waals surface area contributed by atoms with E-state index in [4.69, 9.17) is 23.2 Å². The van der Waals surface area contributed by atoms with Gasteiger partial charge in [-0.1, -0.05) is 10.8 Å². The minimum Gasteiger partial charge on any atom is -0.504 e. The van der Waals surface area contributed by atoms with Crippen molar-refractivity contribution in [3.05, 3.63) is 29.8 Å². The van der Waals surface area contributed by atoms with Gasteiger partial charge in [0.25, 0.3) is 0 Å². The van der Waals surface area contributed by atoms with E-state index >= 15 is 0 Å². The molecule has 1 aromatic heterocycles. The first-order chi connectivity index (χ1) is 9.09. The van der Waals surface area contributed by atoms with Crippen LogP contribution in [0.2, 0.25) is 0 Å². The van der Waals surface area contributed by atoms with E-state index in [9.17, 15) is 9.50 Å². The molecule has 0 saturated heterocycles. The molecule has 8 nitrogen and oxygen atoms in total. The molecule has 0 aliphatic carbocycles. The minimum absolute atomic E-state index is 0.201. The van der Waals surface area contributed by atoms with Crippen molar-refractivity contribution in [1.29, 1.82) is 0 Å². The molecule has 0 saturated carbocycles. The summed E-state index contributed by atoms with van der Waals surface area (Å²) in [6.07, 6.45) is 0. The van der Waals surface area contributed by atoms with Crippen LogP contribution >= 0.6 is 0 Å². The first-order valence-electron chi connectivity index (χ1n) is 5.03. The lowest BCUT2D eigenvalue weighted by Crippen LogP contribution is -2.68. The maximum absolute atomic E-state index is 13.0. The van der Waals surface area contributed by atoms with Crippen LogP contribution in [0, 0.1) is 23.0 Å². The number of benzene rings is 1. The molecule has 1 N–H and O–H groups in total. The molecule has 110 valence electrons. The van der Waals surface area contributed by atoms with E-state index in [1.54, 1.807) is 20.0 Å². The molecule has 0 aliphatic heterocycles. The first kappa shape index (κ1) is 16.3. The van der Waals surface area contributed by atoms with Crippen LogP contribution in [0.5, 0.6) is 5.75 Å². The van der Waals surface area contributed by atoms with Gasteiger partial charge in [0.15, 0.2) is 11.6 Å². The molecule has 2 aromatic rings. The lowest BCUT2D eigenvalue weighted by molar-refractivity contribution is -2.00. The molecular formula is C10H10ClFN2O6. The second-order valence-electron chi connectivity index (χ2n) is 3.57. The number of hydrogen-bond acceptors (Lipinski definition) is 7. The van der Waals surface area contributed by atoms with Crippen molar-refractivity contribution in [2.45, 2.75) is 6.92 Å². The Morgan fingerprint density at radius 1 is 1.30 bits per heavy atom. The second kappa shape index (κ2) is 6.11. The third kappa shape index (κ3) is 4.72. The number of phenols is 1. The summed E-state index contributed by atoms with van der Waals surface area (Å²) < 4.78 is 53.7. The highest BCUT2D eigenvalue weighted by Crippen LogP contribution is 2.29. The van der Waals surface area contributed by atoms with Gasteiger partial charge in [0, 0.05) is 11.9 Å². The number of nitrogens with zero attached hydrogens (tertiary/aromatic N) is 2. The Labute approximate surface area is 114 Å². The topological polar surface area (TPSA) is 142 Å². The van der Waals surface area contributed by atoms with Crippen LogP contribution in [0.25, 0.3) is 11.5 Å². The van der Waals surface area contributed by atoms with Crippen molar-refractivity contribution in [3.8, 4) is 17.2 Å². The average molecular weight is 309 g/mol. The Balaban J connectivity index is 0.000000347. The molecule has 2 rings (SSSR count). The number of hydrogen-bond donors (Lipinski definition) is 1. The monoisotopic (exact) mass is 308 g/mol. The van der Waals surface area contributed by atoms with Crippen LogP contribution < -0.4 is 23.4 Å². The third-order valence-electron chi connectivity index (χ3n) is 2.16. The average Bonchev–Trinajstić information content (AvgIpc) is 2.61. The summed E-state index contributed by atoms with van der Waals surface area (Å²) in [4.78, 5) is 4.05. The standard InChI is InChI=1S/C10H9FN2O2.ClHO4/c1-6-12-10(15-13(6)2)7-4-3-5-8(11)9(7)14;2-1(3,4)5/h3-5H,1-2H3;(H,2,3,4,5). The number of phenolic OH excluding ortho intramolecular Hbond substituents is 1. The lowest BCUT2D eigenvalue weighted by atomic mass is 10.2. The van der Waals surface area contributed by atoms with Gasteiger partial charge in [0.2, 0.25) is 0 Å². The Hall–Kier alpha value is -1.78. The predicted octanol–water partition coefficient (Wildman–Crippen LogP) is -3.44. The van der Waals surface area contributed by atoms with Crippen molar-refractivity contribution in [3.63, 3.8) is 0 Å². The molecule has 0 spiro atoms. The van der Waals surface area contributed by atoms with Crippen LogP contribution in [0.3, 0.4) is 0 Å². The predicted molar refractivity (Wildman–Crippen MR) is 49.5 cm³/mol. The molecule has 0 aliphatic rings. The Morgan fingerprint density at radius 2 is 1.85 bits per heavy atom. The molecule has 10 heteroatoms. The molecule has 0 unspecified atom stereocenters. The normalized spacial score (nSPS) is 10.9. The van der Waals surface area contributed by atoms with Gasteiger partial charge in [-0.05, 0) is 12.1 Å². The zero-order chi connectivity index (χ0) is 15.5. The highest BCUT2D eigenvalue weighted by molar-refractivity contribution is 5.61. The SMILES string of the molecule is Cc1nc(-c2cccc(F)c2O)o[n+]1C.[O-][Cl+3]([O-])([O-])[O-]. The molecule has 0 bridgehead atoms. The highest BCUT2D eigenvalue weighted by Gasteiger charge is 2.22. The number of aromatic hydroxyl groups is 1. The highest BCUT2D eigenvalue weighted by atomic mass is 35.7. The van der Waals surface area contributed by atoms with Crippen LogP contribution in [-0.2, 0) is 7.05 Å². The number of halogens is 2. The first-order valence-corrected chi connectivity index (χ1v) is 6.26. The van der Waals surface area contributed by atoms with Gasteiger partial charge in [-0.2, -0.15) is 0 Å². The summed E-state index contributed by atoms with van der Waals surface area (Å²) in [7, 11) is -3.26. The Morgan fingerprint density at radius 3 is 2.30 bits per heavy atom. The van der Waals surface area contributed by atoms with E-state index in [1.165, 1.54) is 16.9 Å². The molecule has 1 aromatic carbocycles. The molecule has 0 amide bonds. The van der Waals surface area contributed by atoms with E-state index in [0.29, 0.717) is 5.82 Å². The fourth-order valence-electron chi connectivity index (χ4n) is 1.23. The number of aryl methyl sites for hydroxylation is 2. The number of rotatable bonds is 1. The number of aromatic nitrogens is 2. The maximum Gasteiger partial charge on any atom is 0.388 e. The van der Waals surface area contributed by atoms with Gasteiger partial charge >= 0.3 is 11.7 Å². The van der Waals surface area contributed by atoms with Crippen molar-refractivity contribution >= 4 is 0 Å². The van der Waals surface area contributed by atoms with E-state index in [1.807, 2.05) is 0 Å². The fraction of sp³-hybridized carbons (Fsp3) is 0.200. The summed E-state index contributed by atoms with van der Waals surface area (Å²) in [6, 6.07) is 4.21. The van der Waals surface area contributed by atoms with Gasteiger partial charge in [-0.15, -0.1) is 10.2 Å². The van der Waals surface area contributed by atoms with E-state index in [0.717, 1.165) is 0 Å². The van der Waals surface area contributed by atoms with E-state index in [2.05, 4.69) is 4.98 Å². The molecule has 0 atom stereocenters. The van der Waals surface area contributed by atoms with Crippen molar-refractivity contribution in [2.24, 2.45) is 7.05 Å². The summed E-state index contributed by atoms with van der Waals surface area (Å²) in [5.41, 5.74) is 0.249. The third-order valence-corrected chi connectivity index (χ3v) is 2.16. The second-order valence-corrected chi connectivity index (χ2v) is 4.32. The van der Waals surface area contributed by atoms with Crippen molar-refractivity contribution in [1.82, 2.24) is 4.98 Å². The maximum atomic E-state index is 13.0. The van der Waals surface area contributed by atoms with Crippen LogP contribution in [-0.4, -0.2) is 10.1 Å². The van der Waals surface area contributed by atoms with Crippen LogP contribution in [0.15, 0.2) is 22.7 Å². The minimum atomic E-state index is -4.94. The number of para-hydroxylation sites is 1. The molecule has 0 fully saturated rings. The van der Waals surface area contributed by atoms with Gasteiger partial charge in [-0.25, -0.2) is 23.0 Å².